The molecular weight excluding hydrogens is 319 g/mol. The van der Waals surface area contributed by atoms with E-state index >= 15 is 0 Å². The van der Waals surface area contributed by atoms with Crippen molar-refractivity contribution in [3.05, 3.63) is 39.8 Å². The highest BCUT2D eigenvalue weighted by Crippen LogP contribution is 2.39. The molecule has 0 unspecified atom stereocenters. The molecule has 118 valence electrons. The van der Waals surface area contributed by atoms with Crippen LogP contribution in [0.2, 0.25) is 5.02 Å². The van der Waals surface area contributed by atoms with Gasteiger partial charge in [0, 0.05) is 21.9 Å². The first-order valence-electron chi connectivity index (χ1n) is 7.12. The highest BCUT2D eigenvalue weighted by molar-refractivity contribution is 7.80. The van der Waals surface area contributed by atoms with E-state index in [9.17, 15) is 4.79 Å². The van der Waals surface area contributed by atoms with E-state index in [1.165, 1.54) is 0 Å². The largest absolute Gasteiger partial charge is 0.491 e. The van der Waals surface area contributed by atoms with E-state index in [2.05, 4.69) is 12.6 Å². The Morgan fingerprint density at radius 1 is 1.27 bits per heavy atom. The molecule has 1 aromatic carbocycles. The van der Waals surface area contributed by atoms with Crippen molar-refractivity contribution in [1.82, 2.24) is 0 Å². The van der Waals surface area contributed by atoms with Gasteiger partial charge in [0.2, 0.25) is 0 Å². The van der Waals surface area contributed by atoms with E-state index in [-0.39, 0.29) is 0 Å². The van der Waals surface area contributed by atoms with Crippen molar-refractivity contribution < 1.29 is 14.1 Å². The molecule has 22 heavy (non-hydrogen) atoms. The number of thiol groups is 1. The van der Waals surface area contributed by atoms with Gasteiger partial charge in [0.15, 0.2) is 6.29 Å². The predicted octanol–water partition coefficient (Wildman–Crippen LogP) is 4.10. The SMILES string of the molecule is CC1(C)OB(C(=Cc2c(Cl)cccc2C=O)CS)OC1(C)C. The summed E-state index contributed by atoms with van der Waals surface area (Å²) in [6.07, 6.45) is 2.62. The van der Waals surface area contributed by atoms with Crippen LogP contribution >= 0.6 is 24.2 Å². The quantitative estimate of drug-likeness (QED) is 0.510. The van der Waals surface area contributed by atoms with Gasteiger partial charge in [-0.3, -0.25) is 4.79 Å². The minimum Gasteiger partial charge on any atom is -0.400 e. The van der Waals surface area contributed by atoms with E-state index in [4.69, 9.17) is 20.9 Å². The number of rotatable bonds is 4. The molecule has 0 radical (unpaired) electrons. The maximum Gasteiger partial charge on any atom is 0.491 e. The molecule has 6 heteroatoms. The fourth-order valence-electron chi connectivity index (χ4n) is 2.18. The van der Waals surface area contributed by atoms with Crippen LogP contribution in [0.4, 0.5) is 0 Å². The molecule has 0 aromatic heterocycles. The molecule has 1 heterocycles. The van der Waals surface area contributed by atoms with E-state index in [0.29, 0.717) is 21.9 Å². The third-order valence-electron chi connectivity index (χ3n) is 4.28. The molecule has 0 atom stereocenters. The normalized spacial score (nSPS) is 20.3. The second kappa shape index (κ2) is 6.40. The average Bonchev–Trinajstić information content (AvgIpc) is 2.65. The number of halogens is 1. The highest BCUT2D eigenvalue weighted by Gasteiger charge is 2.52. The Bertz CT molecular complexity index is 597. The van der Waals surface area contributed by atoms with Crippen LogP contribution in [0.25, 0.3) is 6.08 Å². The fourth-order valence-corrected chi connectivity index (χ4v) is 2.65. The van der Waals surface area contributed by atoms with Gasteiger partial charge in [0.25, 0.3) is 0 Å². The second-order valence-corrected chi connectivity index (χ2v) is 7.05. The summed E-state index contributed by atoms with van der Waals surface area (Å²) in [5.41, 5.74) is 1.18. The van der Waals surface area contributed by atoms with E-state index in [0.717, 1.165) is 11.8 Å². The van der Waals surface area contributed by atoms with Gasteiger partial charge in [-0.25, -0.2) is 0 Å². The third-order valence-corrected chi connectivity index (χ3v) is 4.98. The zero-order chi connectivity index (χ0) is 16.5. The maximum atomic E-state index is 11.2. The van der Waals surface area contributed by atoms with Gasteiger partial charge in [-0.15, -0.1) is 0 Å². The summed E-state index contributed by atoms with van der Waals surface area (Å²) in [7, 11) is -0.502. The molecule has 0 N–H and O–H groups in total. The van der Waals surface area contributed by atoms with Gasteiger partial charge in [-0.05, 0) is 39.2 Å². The summed E-state index contributed by atoms with van der Waals surface area (Å²) >= 11 is 10.6. The first-order chi connectivity index (χ1) is 10.2. The minimum absolute atomic E-state index is 0.423. The molecular formula is C16H20BClO3S. The molecule has 1 fully saturated rings. The Morgan fingerprint density at radius 2 is 1.86 bits per heavy atom. The van der Waals surface area contributed by atoms with Gasteiger partial charge in [-0.2, -0.15) is 12.6 Å². The Balaban J connectivity index is 2.40. The molecule has 0 spiro atoms. The highest BCUT2D eigenvalue weighted by atomic mass is 35.5. The summed E-state index contributed by atoms with van der Waals surface area (Å²) in [5, 5.41) is 0.514. The van der Waals surface area contributed by atoms with Gasteiger partial charge < -0.3 is 9.31 Å². The molecule has 0 saturated carbocycles. The minimum atomic E-state index is -0.502. The zero-order valence-corrected chi connectivity index (χ0v) is 14.9. The number of benzene rings is 1. The summed E-state index contributed by atoms with van der Waals surface area (Å²) in [5.74, 6) is 0.445. The zero-order valence-electron chi connectivity index (χ0n) is 13.2. The number of hydrogen-bond acceptors (Lipinski definition) is 4. The van der Waals surface area contributed by atoms with Crippen molar-refractivity contribution in [2.24, 2.45) is 0 Å². The van der Waals surface area contributed by atoms with Gasteiger partial charge >= 0.3 is 7.12 Å². The Kier molecular flexibility index (Phi) is 5.12. The van der Waals surface area contributed by atoms with Crippen LogP contribution in [0.5, 0.6) is 0 Å². The molecule has 1 aliphatic rings. The molecule has 1 saturated heterocycles. The van der Waals surface area contributed by atoms with E-state index in [1.54, 1.807) is 18.2 Å². The lowest BCUT2D eigenvalue weighted by molar-refractivity contribution is 0.00578. The monoisotopic (exact) mass is 338 g/mol. The second-order valence-electron chi connectivity index (χ2n) is 6.33. The van der Waals surface area contributed by atoms with Crippen molar-refractivity contribution in [1.29, 1.82) is 0 Å². The Morgan fingerprint density at radius 3 is 2.36 bits per heavy atom. The molecule has 0 amide bonds. The van der Waals surface area contributed by atoms with Crippen LogP contribution in [-0.2, 0) is 9.31 Å². The summed E-state index contributed by atoms with van der Waals surface area (Å²) < 4.78 is 12.1. The van der Waals surface area contributed by atoms with E-state index in [1.807, 2.05) is 33.8 Å². The summed E-state index contributed by atoms with van der Waals surface area (Å²) in [6.45, 7) is 7.98. The number of hydrogen-bond donors (Lipinski definition) is 1. The molecule has 1 aliphatic heterocycles. The van der Waals surface area contributed by atoms with Crippen LogP contribution in [0.3, 0.4) is 0 Å². The van der Waals surface area contributed by atoms with Crippen LogP contribution in [-0.4, -0.2) is 30.4 Å². The predicted molar refractivity (Wildman–Crippen MR) is 94.8 cm³/mol. The van der Waals surface area contributed by atoms with Gasteiger partial charge in [-0.1, -0.05) is 29.8 Å². The third kappa shape index (κ3) is 3.28. The molecule has 0 bridgehead atoms. The number of aldehydes is 1. The van der Waals surface area contributed by atoms with Crippen LogP contribution in [0.15, 0.2) is 23.7 Å². The van der Waals surface area contributed by atoms with Crippen molar-refractivity contribution in [2.45, 2.75) is 38.9 Å². The van der Waals surface area contributed by atoms with Crippen LogP contribution in [0.1, 0.15) is 43.6 Å². The maximum absolute atomic E-state index is 11.2. The number of carbonyl (C=O) groups is 1. The first kappa shape index (κ1) is 17.6. The van der Waals surface area contributed by atoms with Crippen molar-refractivity contribution >= 4 is 43.7 Å². The smallest absolute Gasteiger partial charge is 0.400 e. The molecule has 1 aromatic rings. The molecule has 3 nitrogen and oxygen atoms in total. The molecule has 2 rings (SSSR count). The van der Waals surface area contributed by atoms with Crippen molar-refractivity contribution in [3.8, 4) is 0 Å². The Hall–Kier alpha value is -0.745. The first-order valence-corrected chi connectivity index (χ1v) is 8.13. The topological polar surface area (TPSA) is 35.5 Å². The van der Waals surface area contributed by atoms with Gasteiger partial charge in [0.1, 0.15) is 0 Å². The fraction of sp³-hybridized carbons (Fsp3) is 0.438. The van der Waals surface area contributed by atoms with Crippen molar-refractivity contribution in [3.63, 3.8) is 0 Å². The summed E-state index contributed by atoms with van der Waals surface area (Å²) in [6, 6.07) is 5.23. The van der Waals surface area contributed by atoms with Crippen LogP contribution in [0, 0.1) is 0 Å². The lowest BCUT2D eigenvalue weighted by Crippen LogP contribution is -2.41. The van der Waals surface area contributed by atoms with Crippen LogP contribution < -0.4 is 0 Å². The van der Waals surface area contributed by atoms with Gasteiger partial charge in [0.05, 0.1) is 11.2 Å². The summed E-state index contributed by atoms with van der Waals surface area (Å²) in [4.78, 5) is 11.2. The average molecular weight is 339 g/mol. The lowest BCUT2D eigenvalue weighted by Gasteiger charge is -2.32. The van der Waals surface area contributed by atoms with Crippen molar-refractivity contribution in [2.75, 3.05) is 5.75 Å². The standard InChI is InChI=1S/C16H20BClO3S/c1-15(2)16(3,4)21-17(20-15)12(10-22)8-13-11(9-19)6-5-7-14(13)18/h5-9,22H,10H2,1-4H3. The molecule has 0 aliphatic carbocycles. The lowest BCUT2D eigenvalue weighted by atomic mass is 9.78. The Labute approximate surface area is 142 Å². The number of carbonyl (C=O) groups excluding carboxylic acids is 1. The van der Waals surface area contributed by atoms with E-state index < -0.39 is 18.3 Å².